The molecule has 1 amide bonds. The zero-order valence-corrected chi connectivity index (χ0v) is 11.4. The molecular formula is C12H13Cl2NO3. The van der Waals surface area contributed by atoms with Crippen molar-refractivity contribution in [2.45, 2.75) is 13.8 Å². The third-order valence-electron chi connectivity index (χ3n) is 2.74. The van der Waals surface area contributed by atoms with Crippen LogP contribution in [0.15, 0.2) is 18.2 Å². The Bertz CT molecular complexity index is 476. The van der Waals surface area contributed by atoms with Gasteiger partial charge >= 0.3 is 5.97 Å². The highest BCUT2D eigenvalue weighted by Crippen LogP contribution is 2.26. The standard InChI is InChI=1S/C12H13Cl2NO3/c1-6(7(2)12(17)18)11(16)15-10-4-3-8(13)5-9(10)14/h3-7H,1-2H3,(H,15,16)(H,17,18). The fourth-order valence-corrected chi connectivity index (χ4v) is 1.73. The molecule has 0 aliphatic heterocycles. The number of carboxylic acid groups (broad SMARTS) is 1. The molecule has 0 aliphatic carbocycles. The number of hydrogen-bond acceptors (Lipinski definition) is 2. The van der Waals surface area contributed by atoms with Gasteiger partial charge < -0.3 is 10.4 Å². The van der Waals surface area contributed by atoms with E-state index in [1.807, 2.05) is 0 Å². The minimum atomic E-state index is -1.01. The normalized spacial score (nSPS) is 13.8. The molecule has 2 N–H and O–H groups in total. The maximum Gasteiger partial charge on any atom is 0.307 e. The first-order valence-corrected chi connectivity index (χ1v) is 6.07. The van der Waals surface area contributed by atoms with Gasteiger partial charge in [-0.15, -0.1) is 0 Å². The van der Waals surface area contributed by atoms with Crippen LogP contribution in [0.5, 0.6) is 0 Å². The van der Waals surface area contributed by atoms with E-state index in [0.717, 1.165) is 0 Å². The lowest BCUT2D eigenvalue weighted by Crippen LogP contribution is -2.30. The summed E-state index contributed by atoms with van der Waals surface area (Å²) in [5.74, 6) is -2.83. The molecule has 98 valence electrons. The summed E-state index contributed by atoms with van der Waals surface area (Å²) < 4.78 is 0. The van der Waals surface area contributed by atoms with E-state index in [1.54, 1.807) is 19.1 Å². The molecule has 1 aromatic rings. The third-order valence-corrected chi connectivity index (χ3v) is 3.29. The number of carbonyl (C=O) groups is 2. The van der Waals surface area contributed by atoms with E-state index in [-0.39, 0.29) is 0 Å². The van der Waals surface area contributed by atoms with Crippen LogP contribution in [0.2, 0.25) is 10.0 Å². The molecule has 0 fully saturated rings. The van der Waals surface area contributed by atoms with Crippen molar-refractivity contribution >= 4 is 40.8 Å². The van der Waals surface area contributed by atoms with Crippen LogP contribution in [0, 0.1) is 11.8 Å². The SMILES string of the molecule is CC(C(=O)O)C(C)C(=O)Nc1ccc(Cl)cc1Cl. The van der Waals surface area contributed by atoms with Gasteiger partial charge in [0.05, 0.1) is 16.6 Å². The molecule has 0 radical (unpaired) electrons. The predicted molar refractivity (Wildman–Crippen MR) is 71.1 cm³/mol. The van der Waals surface area contributed by atoms with Crippen molar-refractivity contribution in [3.63, 3.8) is 0 Å². The maximum atomic E-state index is 11.8. The van der Waals surface area contributed by atoms with E-state index in [1.165, 1.54) is 13.0 Å². The van der Waals surface area contributed by atoms with E-state index < -0.39 is 23.7 Å². The molecule has 2 unspecified atom stereocenters. The summed E-state index contributed by atoms with van der Waals surface area (Å²) in [6.07, 6.45) is 0. The summed E-state index contributed by atoms with van der Waals surface area (Å²) in [4.78, 5) is 22.6. The number of nitrogens with one attached hydrogen (secondary N) is 1. The number of hydrogen-bond donors (Lipinski definition) is 2. The van der Waals surface area contributed by atoms with Crippen molar-refractivity contribution in [2.24, 2.45) is 11.8 Å². The maximum absolute atomic E-state index is 11.8. The Labute approximate surface area is 115 Å². The second-order valence-corrected chi connectivity index (χ2v) is 4.87. The van der Waals surface area contributed by atoms with Gasteiger partial charge in [-0.1, -0.05) is 37.0 Å². The number of benzene rings is 1. The molecular weight excluding hydrogens is 277 g/mol. The second-order valence-electron chi connectivity index (χ2n) is 4.03. The predicted octanol–water partition coefficient (Wildman–Crippen LogP) is 3.29. The smallest absolute Gasteiger partial charge is 0.307 e. The molecule has 0 aliphatic rings. The van der Waals surface area contributed by atoms with Crippen molar-refractivity contribution in [2.75, 3.05) is 5.32 Å². The molecule has 0 saturated carbocycles. The molecule has 1 aromatic carbocycles. The Balaban J connectivity index is 2.78. The van der Waals surface area contributed by atoms with Gasteiger partial charge in [-0.25, -0.2) is 0 Å². The fourth-order valence-electron chi connectivity index (χ4n) is 1.28. The van der Waals surface area contributed by atoms with Gasteiger partial charge in [0.15, 0.2) is 0 Å². The van der Waals surface area contributed by atoms with E-state index >= 15 is 0 Å². The first-order valence-electron chi connectivity index (χ1n) is 5.31. The Morgan fingerprint density at radius 1 is 1.22 bits per heavy atom. The number of anilines is 1. The fraction of sp³-hybridized carbons (Fsp3) is 0.333. The lowest BCUT2D eigenvalue weighted by atomic mass is 9.95. The Kier molecular flexibility index (Phi) is 4.99. The molecule has 6 heteroatoms. The Hall–Kier alpha value is -1.26. The molecule has 0 saturated heterocycles. The van der Waals surface area contributed by atoms with Crippen LogP contribution in [0.1, 0.15) is 13.8 Å². The zero-order chi connectivity index (χ0) is 13.9. The van der Waals surface area contributed by atoms with Crippen LogP contribution in [0.4, 0.5) is 5.69 Å². The van der Waals surface area contributed by atoms with Crippen LogP contribution >= 0.6 is 23.2 Å². The number of rotatable bonds is 4. The molecule has 1 rings (SSSR count). The van der Waals surface area contributed by atoms with Gasteiger partial charge in [0.2, 0.25) is 5.91 Å². The monoisotopic (exact) mass is 289 g/mol. The minimum Gasteiger partial charge on any atom is -0.481 e. The summed E-state index contributed by atoms with van der Waals surface area (Å²) >= 11 is 11.6. The lowest BCUT2D eigenvalue weighted by Gasteiger charge is -2.16. The molecule has 0 heterocycles. The topological polar surface area (TPSA) is 66.4 Å². The average molecular weight is 290 g/mol. The van der Waals surface area contributed by atoms with Crippen molar-refractivity contribution in [1.82, 2.24) is 0 Å². The van der Waals surface area contributed by atoms with Crippen molar-refractivity contribution in [3.05, 3.63) is 28.2 Å². The number of amides is 1. The Morgan fingerprint density at radius 2 is 1.83 bits per heavy atom. The first-order chi connectivity index (χ1) is 8.32. The number of carbonyl (C=O) groups excluding carboxylic acids is 1. The quantitative estimate of drug-likeness (QED) is 0.894. The molecule has 4 nitrogen and oxygen atoms in total. The number of aliphatic carboxylic acids is 1. The van der Waals surface area contributed by atoms with Gasteiger partial charge in [0.25, 0.3) is 0 Å². The van der Waals surface area contributed by atoms with Gasteiger partial charge in [0, 0.05) is 10.9 Å². The third kappa shape index (κ3) is 3.62. The minimum absolute atomic E-state index is 0.311. The van der Waals surface area contributed by atoms with Crippen molar-refractivity contribution in [3.8, 4) is 0 Å². The largest absolute Gasteiger partial charge is 0.481 e. The first kappa shape index (κ1) is 14.8. The van der Waals surface area contributed by atoms with Gasteiger partial charge in [0.1, 0.15) is 0 Å². The van der Waals surface area contributed by atoms with E-state index in [4.69, 9.17) is 28.3 Å². The van der Waals surface area contributed by atoms with Crippen LogP contribution in [0.3, 0.4) is 0 Å². The molecule has 2 atom stereocenters. The molecule has 18 heavy (non-hydrogen) atoms. The number of halogens is 2. The highest BCUT2D eigenvalue weighted by Gasteiger charge is 2.26. The van der Waals surface area contributed by atoms with Crippen LogP contribution < -0.4 is 5.32 Å². The highest BCUT2D eigenvalue weighted by atomic mass is 35.5. The number of carboxylic acids is 1. The molecule has 0 bridgehead atoms. The van der Waals surface area contributed by atoms with E-state index in [9.17, 15) is 9.59 Å². The van der Waals surface area contributed by atoms with Gasteiger partial charge in [-0.3, -0.25) is 9.59 Å². The van der Waals surface area contributed by atoms with Gasteiger partial charge in [-0.2, -0.15) is 0 Å². The zero-order valence-electron chi connectivity index (χ0n) is 9.91. The van der Waals surface area contributed by atoms with Crippen LogP contribution in [-0.2, 0) is 9.59 Å². The molecule has 0 spiro atoms. The van der Waals surface area contributed by atoms with E-state index in [0.29, 0.717) is 15.7 Å². The molecule has 0 aromatic heterocycles. The van der Waals surface area contributed by atoms with E-state index in [2.05, 4.69) is 5.32 Å². The summed E-state index contributed by atoms with van der Waals surface area (Å²) in [7, 11) is 0. The summed E-state index contributed by atoms with van der Waals surface area (Å²) in [6.45, 7) is 3.04. The Morgan fingerprint density at radius 3 is 2.33 bits per heavy atom. The van der Waals surface area contributed by atoms with Crippen molar-refractivity contribution in [1.29, 1.82) is 0 Å². The van der Waals surface area contributed by atoms with Crippen molar-refractivity contribution < 1.29 is 14.7 Å². The average Bonchev–Trinajstić information content (AvgIpc) is 2.30. The van der Waals surface area contributed by atoms with Gasteiger partial charge in [-0.05, 0) is 18.2 Å². The summed E-state index contributed by atoms with van der Waals surface area (Å²) in [6, 6.07) is 4.67. The lowest BCUT2D eigenvalue weighted by molar-refractivity contribution is -0.145. The summed E-state index contributed by atoms with van der Waals surface area (Å²) in [5.41, 5.74) is 0.413. The van der Waals surface area contributed by atoms with Crippen LogP contribution in [-0.4, -0.2) is 17.0 Å². The highest BCUT2D eigenvalue weighted by molar-refractivity contribution is 6.36. The summed E-state index contributed by atoms with van der Waals surface area (Å²) in [5, 5.41) is 12.2. The second kappa shape index (κ2) is 6.07. The van der Waals surface area contributed by atoms with Crippen LogP contribution in [0.25, 0.3) is 0 Å².